The second-order valence-corrected chi connectivity index (χ2v) is 6.30. The minimum atomic E-state index is -3.47. The van der Waals surface area contributed by atoms with Crippen molar-refractivity contribution in [2.45, 2.75) is 19.2 Å². The van der Waals surface area contributed by atoms with Crippen LogP contribution in [0.2, 0.25) is 0 Å². The number of aryl methyl sites for hydroxylation is 1. The van der Waals surface area contributed by atoms with Crippen molar-refractivity contribution < 1.29 is 8.42 Å². The standard InChI is InChI=1S/C14H17N3O2S/c1-11-5-6-16-9-14(11)17-20(18,19)10-13-4-2-3-12(7-13)8-15/h2-7,9,17H,8,10,15H2,1H3. The van der Waals surface area contributed by atoms with Crippen molar-refractivity contribution in [3.63, 3.8) is 0 Å². The maximum absolute atomic E-state index is 12.2. The van der Waals surface area contributed by atoms with Crippen molar-refractivity contribution >= 4 is 15.7 Å². The Morgan fingerprint density at radius 1 is 1.25 bits per heavy atom. The van der Waals surface area contributed by atoms with E-state index in [4.69, 9.17) is 5.73 Å². The molecule has 6 heteroatoms. The summed E-state index contributed by atoms with van der Waals surface area (Å²) in [4.78, 5) is 3.92. The van der Waals surface area contributed by atoms with Gasteiger partial charge in [-0.15, -0.1) is 0 Å². The van der Waals surface area contributed by atoms with E-state index in [0.717, 1.165) is 11.1 Å². The Labute approximate surface area is 118 Å². The minimum absolute atomic E-state index is 0.0881. The smallest absolute Gasteiger partial charge is 0.236 e. The molecule has 0 radical (unpaired) electrons. The molecular formula is C14H17N3O2S. The molecule has 0 aliphatic carbocycles. The number of rotatable bonds is 5. The maximum Gasteiger partial charge on any atom is 0.236 e. The number of pyridine rings is 1. The van der Waals surface area contributed by atoms with Gasteiger partial charge < -0.3 is 5.73 Å². The van der Waals surface area contributed by atoms with Gasteiger partial charge in [0.2, 0.25) is 10.0 Å². The molecule has 1 aromatic heterocycles. The maximum atomic E-state index is 12.2. The third-order valence-electron chi connectivity index (χ3n) is 2.89. The van der Waals surface area contributed by atoms with Crippen molar-refractivity contribution in [1.29, 1.82) is 0 Å². The number of anilines is 1. The summed E-state index contributed by atoms with van der Waals surface area (Å²) >= 11 is 0. The molecule has 0 fully saturated rings. The summed E-state index contributed by atoms with van der Waals surface area (Å²) in [6, 6.07) is 9.01. The number of nitrogens with zero attached hydrogens (tertiary/aromatic N) is 1. The van der Waals surface area contributed by atoms with Crippen LogP contribution in [0.1, 0.15) is 16.7 Å². The van der Waals surface area contributed by atoms with Crippen molar-refractivity contribution in [2.24, 2.45) is 5.73 Å². The Balaban J connectivity index is 2.17. The molecule has 0 bridgehead atoms. The lowest BCUT2D eigenvalue weighted by Gasteiger charge is -2.10. The van der Waals surface area contributed by atoms with Crippen LogP contribution in [0.5, 0.6) is 0 Å². The van der Waals surface area contributed by atoms with Gasteiger partial charge in [0.05, 0.1) is 17.6 Å². The summed E-state index contributed by atoms with van der Waals surface area (Å²) in [6.07, 6.45) is 3.13. The Morgan fingerprint density at radius 3 is 2.70 bits per heavy atom. The topological polar surface area (TPSA) is 85.1 Å². The third kappa shape index (κ3) is 3.79. The molecule has 0 saturated carbocycles. The van der Waals surface area contributed by atoms with Crippen LogP contribution in [0.3, 0.4) is 0 Å². The van der Waals surface area contributed by atoms with Crippen LogP contribution in [-0.4, -0.2) is 13.4 Å². The first-order valence-electron chi connectivity index (χ1n) is 6.19. The minimum Gasteiger partial charge on any atom is -0.326 e. The molecule has 2 rings (SSSR count). The Hall–Kier alpha value is -1.92. The van der Waals surface area contributed by atoms with E-state index in [-0.39, 0.29) is 5.75 Å². The molecule has 0 unspecified atom stereocenters. The fraction of sp³-hybridized carbons (Fsp3) is 0.214. The van der Waals surface area contributed by atoms with Gasteiger partial charge in [-0.3, -0.25) is 9.71 Å². The van der Waals surface area contributed by atoms with Crippen LogP contribution in [-0.2, 0) is 22.3 Å². The number of benzene rings is 1. The highest BCUT2D eigenvalue weighted by Crippen LogP contribution is 2.16. The largest absolute Gasteiger partial charge is 0.326 e. The van der Waals surface area contributed by atoms with Crippen molar-refractivity contribution in [2.75, 3.05) is 4.72 Å². The molecule has 5 nitrogen and oxygen atoms in total. The molecular weight excluding hydrogens is 274 g/mol. The first kappa shape index (κ1) is 14.5. The number of nitrogens with one attached hydrogen (secondary N) is 1. The van der Waals surface area contributed by atoms with E-state index in [9.17, 15) is 8.42 Å². The predicted octanol–water partition coefficient (Wildman–Crippen LogP) is 1.79. The lowest BCUT2D eigenvalue weighted by Crippen LogP contribution is -2.16. The van der Waals surface area contributed by atoms with Crippen molar-refractivity contribution in [3.8, 4) is 0 Å². The van der Waals surface area contributed by atoms with E-state index in [2.05, 4.69) is 9.71 Å². The van der Waals surface area contributed by atoms with Gasteiger partial charge in [0.15, 0.2) is 0 Å². The van der Waals surface area contributed by atoms with Crippen LogP contribution < -0.4 is 10.5 Å². The first-order chi connectivity index (χ1) is 9.50. The lowest BCUT2D eigenvalue weighted by molar-refractivity contribution is 0.600. The summed E-state index contributed by atoms with van der Waals surface area (Å²) in [6.45, 7) is 2.22. The van der Waals surface area contributed by atoms with Crippen LogP contribution in [0.25, 0.3) is 0 Å². The molecule has 0 amide bonds. The molecule has 0 spiro atoms. The van der Waals surface area contributed by atoms with E-state index in [0.29, 0.717) is 17.8 Å². The van der Waals surface area contributed by atoms with Gasteiger partial charge in [-0.05, 0) is 29.7 Å². The number of hydrogen-bond donors (Lipinski definition) is 2. The van der Waals surface area contributed by atoms with Gasteiger partial charge in [-0.2, -0.15) is 0 Å². The molecule has 1 heterocycles. The SMILES string of the molecule is Cc1ccncc1NS(=O)(=O)Cc1cccc(CN)c1. The van der Waals surface area contributed by atoms with E-state index in [1.54, 1.807) is 24.4 Å². The highest BCUT2D eigenvalue weighted by Gasteiger charge is 2.13. The number of sulfonamides is 1. The van der Waals surface area contributed by atoms with E-state index >= 15 is 0 Å². The van der Waals surface area contributed by atoms with Crippen molar-refractivity contribution in [1.82, 2.24) is 4.98 Å². The number of aromatic nitrogens is 1. The highest BCUT2D eigenvalue weighted by molar-refractivity contribution is 7.91. The molecule has 0 saturated heterocycles. The Morgan fingerprint density at radius 2 is 2.00 bits per heavy atom. The van der Waals surface area contributed by atoms with Crippen LogP contribution in [0.15, 0.2) is 42.7 Å². The highest BCUT2D eigenvalue weighted by atomic mass is 32.2. The van der Waals surface area contributed by atoms with Gasteiger partial charge >= 0.3 is 0 Å². The molecule has 3 N–H and O–H groups in total. The van der Waals surface area contributed by atoms with Crippen LogP contribution >= 0.6 is 0 Å². The summed E-state index contributed by atoms with van der Waals surface area (Å²) in [5, 5.41) is 0. The average Bonchev–Trinajstić information content (AvgIpc) is 2.41. The first-order valence-corrected chi connectivity index (χ1v) is 7.84. The zero-order chi connectivity index (χ0) is 14.6. The Kier molecular flexibility index (Phi) is 4.36. The second-order valence-electron chi connectivity index (χ2n) is 4.58. The molecule has 20 heavy (non-hydrogen) atoms. The van der Waals surface area contributed by atoms with Gasteiger partial charge in [0.25, 0.3) is 0 Å². The fourth-order valence-corrected chi connectivity index (χ4v) is 3.08. The Bertz CT molecular complexity index is 699. The zero-order valence-corrected chi connectivity index (χ0v) is 12.0. The molecule has 0 atom stereocenters. The van der Waals surface area contributed by atoms with Gasteiger partial charge in [0.1, 0.15) is 0 Å². The number of nitrogens with two attached hydrogens (primary N) is 1. The molecule has 106 valence electrons. The summed E-state index contributed by atoms with van der Waals surface area (Å²) in [5.41, 5.74) is 8.51. The number of hydrogen-bond acceptors (Lipinski definition) is 4. The van der Waals surface area contributed by atoms with Crippen LogP contribution in [0, 0.1) is 6.92 Å². The van der Waals surface area contributed by atoms with Gasteiger partial charge in [-0.1, -0.05) is 24.3 Å². The summed E-state index contributed by atoms with van der Waals surface area (Å²) < 4.78 is 26.9. The third-order valence-corrected chi connectivity index (χ3v) is 4.13. The lowest BCUT2D eigenvalue weighted by atomic mass is 10.1. The van der Waals surface area contributed by atoms with Crippen molar-refractivity contribution in [3.05, 3.63) is 59.4 Å². The quantitative estimate of drug-likeness (QED) is 0.879. The molecule has 2 aromatic rings. The summed E-state index contributed by atoms with van der Waals surface area (Å²) in [5.74, 6) is -0.0881. The second kappa shape index (κ2) is 6.02. The predicted molar refractivity (Wildman–Crippen MR) is 79.6 cm³/mol. The van der Waals surface area contributed by atoms with E-state index in [1.165, 1.54) is 6.20 Å². The van der Waals surface area contributed by atoms with Gasteiger partial charge in [0, 0.05) is 12.7 Å². The van der Waals surface area contributed by atoms with E-state index < -0.39 is 10.0 Å². The molecule has 0 aliphatic heterocycles. The molecule has 1 aromatic carbocycles. The normalized spacial score (nSPS) is 11.3. The zero-order valence-electron chi connectivity index (χ0n) is 11.2. The monoisotopic (exact) mass is 291 g/mol. The fourth-order valence-electron chi connectivity index (χ4n) is 1.84. The van der Waals surface area contributed by atoms with Crippen LogP contribution in [0.4, 0.5) is 5.69 Å². The van der Waals surface area contributed by atoms with E-state index in [1.807, 2.05) is 19.1 Å². The van der Waals surface area contributed by atoms with Gasteiger partial charge in [-0.25, -0.2) is 8.42 Å². The molecule has 0 aliphatic rings. The average molecular weight is 291 g/mol. The summed E-state index contributed by atoms with van der Waals surface area (Å²) in [7, 11) is -3.47.